The fourth-order valence-electron chi connectivity index (χ4n) is 4.17. The van der Waals surface area contributed by atoms with E-state index in [2.05, 4.69) is 33.8 Å². The van der Waals surface area contributed by atoms with Crippen LogP contribution in [-0.2, 0) is 23.7 Å². The first-order chi connectivity index (χ1) is 15.0. The topological polar surface area (TPSA) is 66.4 Å². The third kappa shape index (κ3) is 8.09. The highest BCUT2D eigenvalue weighted by atomic mass is 16.7. The second-order valence-corrected chi connectivity index (χ2v) is 8.97. The van der Waals surface area contributed by atoms with E-state index in [1.54, 1.807) is 0 Å². The molecule has 0 spiro atoms. The van der Waals surface area contributed by atoms with Gasteiger partial charge in [0.25, 0.3) is 0 Å². The van der Waals surface area contributed by atoms with Crippen molar-refractivity contribution < 1.29 is 28.8 Å². The Bertz CT molecular complexity index is 498. The lowest BCUT2D eigenvalue weighted by molar-refractivity contribution is -0.331. The van der Waals surface area contributed by atoms with Crippen LogP contribution in [0.25, 0.3) is 0 Å². The summed E-state index contributed by atoms with van der Waals surface area (Å²) in [5.41, 5.74) is 0. The number of aliphatic hydroxyl groups is 1. The van der Waals surface area contributed by atoms with E-state index in [4.69, 9.17) is 23.7 Å². The van der Waals surface area contributed by atoms with Crippen LogP contribution in [0.15, 0.2) is 12.2 Å². The van der Waals surface area contributed by atoms with Crippen molar-refractivity contribution in [2.75, 3.05) is 19.8 Å². The summed E-state index contributed by atoms with van der Waals surface area (Å²) in [6.07, 6.45) is 8.35. The van der Waals surface area contributed by atoms with Crippen molar-refractivity contribution in [3.8, 4) is 0 Å². The zero-order valence-corrected chi connectivity index (χ0v) is 20.3. The SMILES string of the molecule is CCCCOC1C(OCCCC)[C@H](OCCCC)C(C)O[C@H]1OC1C(C)C=CC[C@H]1O. The monoisotopic (exact) mass is 442 g/mol. The van der Waals surface area contributed by atoms with Crippen LogP contribution in [0.2, 0.25) is 0 Å². The Morgan fingerprint density at radius 3 is 1.90 bits per heavy atom. The molecule has 6 heteroatoms. The predicted octanol–water partition coefficient (Wildman–Crippen LogP) is 4.63. The average molecular weight is 443 g/mol. The summed E-state index contributed by atoms with van der Waals surface area (Å²) in [5.74, 6) is 0.108. The molecule has 1 saturated heterocycles. The van der Waals surface area contributed by atoms with E-state index in [0.717, 1.165) is 38.5 Å². The summed E-state index contributed by atoms with van der Waals surface area (Å²) in [5, 5.41) is 10.5. The van der Waals surface area contributed by atoms with Gasteiger partial charge in [-0.25, -0.2) is 0 Å². The Balaban J connectivity index is 2.20. The minimum absolute atomic E-state index is 0.108. The number of hydrogen-bond acceptors (Lipinski definition) is 6. The molecule has 31 heavy (non-hydrogen) atoms. The molecular weight excluding hydrogens is 396 g/mol. The van der Waals surface area contributed by atoms with E-state index < -0.39 is 18.5 Å². The molecule has 6 nitrogen and oxygen atoms in total. The normalized spacial score (nSPS) is 36.1. The molecule has 2 aliphatic rings. The van der Waals surface area contributed by atoms with Crippen LogP contribution >= 0.6 is 0 Å². The Hall–Kier alpha value is -0.500. The average Bonchev–Trinajstić information content (AvgIpc) is 2.74. The minimum Gasteiger partial charge on any atom is -0.390 e. The molecule has 1 N–H and O–H groups in total. The smallest absolute Gasteiger partial charge is 0.187 e. The molecule has 0 aromatic heterocycles. The summed E-state index contributed by atoms with van der Waals surface area (Å²) >= 11 is 0. The van der Waals surface area contributed by atoms with Gasteiger partial charge in [-0.2, -0.15) is 0 Å². The second-order valence-electron chi connectivity index (χ2n) is 8.97. The van der Waals surface area contributed by atoms with Gasteiger partial charge in [0.05, 0.1) is 18.3 Å². The van der Waals surface area contributed by atoms with Gasteiger partial charge in [0.2, 0.25) is 0 Å². The van der Waals surface area contributed by atoms with Gasteiger partial charge < -0.3 is 28.8 Å². The summed E-state index contributed by atoms with van der Waals surface area (Å²) in [4.78, 5) is 0. The van der Waals surface area contributed by atoms with Crippen molar-refractivity contribution >= 4 is 0 Å². The van der Waals surface area contributed by atoms with Crippen molar-refractivity contribution in [3.63, 3.8) is 0 Å². The van der Waals surface area contributed by atoms with Crippen molar-refractivity contribution in [2.45, 2.75) is 122 Å². The summed E-state index contributed by atoms with van der Waals surface area (Å²) in [6.45, 7) is 12.5. The van der Waals surface area contributed by atoms with E-state index >= 15 is 0 Å². The van der Waals surface area contributed by atoms with Crippen molar-refractivity contribution in [1.82, 2.24) is 0 Å². The van der Waals surface area contributed by atoms with Gasteiger partial charge in [-0.1, -0.05) is 59.1 Å². The molecule has 0 aromatic carbocycles. The third-order valence-electron chi connectivity index (χ3n) is 6.16. The number of hydrogen-bond donors (Lipinski definition) is 1. The minimum atomic E-state index is -0.599. The highest BCUT2D eigenvalue weighted by Gasteiger charge is 2.48. The first-order valence-electron chi connectivity index (χ1n) is 12.5. The first kappa shape index (κ1) is 26.7. The summed E-state index contributed by atoms with van der Waals surface area (Å²) in [7, 11) is 0. The van der Waals surface area contributed by atoms with Crippen molar-refractivity contribution in [1.29, 1.82) is 0 Å². The van der Waals surface area contributed by atoms with Gasteiger partial charge in [0.15, 0.2) is 6.29 Å². The van der Waals surface area contributed by atoms with E-state index in [0.29, 0.717) is 26.2 Å². The lowest BCUT2D eigenvalue weighted by atomic mass is 9.91. The van der Waals surface area contributed by atoms with Crippen LogP contribution in [0.5, 0.6) is 0 Å². The van der Waals surface area contributed by atoms with Gasteiger partial charge in [-0.3, -0.25) is 0 Å². The molecule has 1 heterocycles. The largest absolute Gasteiger partial charge is 0.390 e. The molecule has 0 amide bonds. The third-order valence-corrected chi connectivity index (χ3v) is 6.16. The van der Waals surface area contributed by atoms with Gasteiger partial charge in [0, 0.05) is 25.7 Å². The molecule has 182 valence electrons. The molecule has 1 fully saturated rings. The Morgan fingerprint density at radius 2 is 1.35 bits per heavy atom. The standard InChI is InChI=1S/C25H46O6/c1-6-9-15-27-22-19(5)30-25(31-21-18(4)13-12-14-20(21)26)24(29-17-11-8-3)23(22)28-16-10-7-2/h12-13,18-26H,6-11,14-17H2,1-5H3/t18?,19?,20-,21?,22-,23?,24?,25+/m1/s1. The molecule has 2 rings (SSSR count). The second kappa shape index (κ2) is 14.6. The van der Waals surface area contributed by atoms with E-state index in [1.807, 2.05) is 13.0 Å². The molecule has 1 aliphatic carbocycles. The van der Waals surface area contributed by atoms with Gasteiger partial charge in [-0.15, -0.1) is 0 Å². The van der Waals surface area contributed by atoms with Gasteiger partial charge in [0.1, 0.15) is 18.3 Å². The number of aliphatic hydroxyl groups excluding tert-OH is 1. The predicted molar refractivity (Wildman–Crippen MR) is 122 cm³/mol. The zero-order valence-electron chi connectivity index (χ0n) is 20.3. The highest BCUT2D eigenvalue weighted by molar-refractivity contribution is 5.01. The van der Waals surface area contributed by atoms with Crippen LogP contribution in [-0.4, -0.2) is 67.8 Å². The Labute approximate surface area is 189 Å². The van der Waals surface area contributed by atoms with E-state index in [1.165, 1.54) is 0 Å². The van der Waals surface area contributed by atoms with Crippen molar-refractivity contribution in [2.24, 2.45) is 5.92 Å². The lowest BCUT2D eigenvalue weighted by Crippen LogP contribution is -2.61. The fraction of sp³-hybridized carbons (Fsp3) is 0.920. The van der Waals surface area contributed by atoms with Crippen LogP contribution in [0.1, 0.15) is 79.6 Å². The highest BCUT2D eigenvalue weighted by Crippen LogP contribution is 2.32. The number of ether oxygens (including phenoxy) is 5. The van der Waals surface area contributed by atoms with Crippen LogP contribution in [0, 0.1) is 5.92 Å². The quantitative estimate of drug-likeness (QED) is 0.313. The summed E-state index contributed by atoms with van der Waals surface area (Å²) < 4.78 is 31.7. The summed E-state index contributed by atoms with van der Waals surface area (Å²) in [6, 6.07) is 0. The fourth-order valence-corrected chi connectivity index (χ4v) is 4.17. The number of rotatable bonds is 14. The van der Waals surface area contributed by atoms with E-state index in [9.17, 15) is 5.11 Å². The van der Waals surface area contributed by atoms with Crippen LogP contribution < -0.4 is 0 Å². The molecule has 8 atom stereocenters. The van der Waals surface area contributed by atoms with Gasteiger partial charge >= 0.3 is 0 Å². The molecular formula is C25H46O6. The molecule has 0 saturated carbocycles. The zero-order chi connectivity index (χ0) is 22.6. The Morgan fingerprint density at radius 1 is 0.806 bits per heavy atom. The lowest BCUT2D eigenvalue weighted by Gasteiger charge is -2.46. The number of unbranched alkanes of at least 4 members (excludes halogenated alkanes) is 3. The molecule has 1 aliphatic heterocycles. The molecule has 0 aromatic rings. The van der Waals surface area contributed by atoms with E-state index in [-0.39, 0.29) is 30.3 Å². The maximum Gasteiger partial charge on any atom is 0.187 e. The Kier molecular flexibility index (Phi) is 12.6. The van der Waals surface area contributed by atoms with Crippen molar-refractivity contribution in [3.05, 3.63) is 12.2 Å². The van der Waals surface area contributed by atoms with Crippen LogP contribution in [0.3, 0.4) is 0 Å². The maximum atomic E-state index is 10.5. The van der Waals surface area contributed by atoms with Gasteiger partial charge in [-0.05, 0) is 32.6 Å². The molecule has 0 bridgehead atoms. The van der Waals surface area contributed by atoms with Crippen LogP contribution in [0.4, 0.5) is 0 Å². The first-order valence-corrected chi connectivity index (χ1v) is 12.5. The molecule has 5 unspecified atom stereocenters. The molecule has 0 radical (unpaired) electrons. The maximum absolute atomic E-state index is 10.5.